The third-order valence-electron chi connectivity index (χ3n) is 4.51. The van der Waals surface area contributed by atoms with E-state index in [9.17, 15) is 13.6 Å². The molecule has 0 radical (unpaired) electrons. The molecule has 25 heavy (non-hydrogen) atoms. The van der Waals surface area contributed by atoms with Gasteiger partial charge in [0.05, 0.1) is 11.7 Å². The minimum atomic E-state index is -0.763. The molecule has 134 valence electrons. The average Bonchev–Trinajstić information content (AvgIpc) is 3.10. The van der Waals surface area contributed by atoms with Gasteiger partial charge < -0.3 is 5.32 Å². The Labute approximate surface area is 150 Å². The number of piperazine rings is 1. The molecule has 1 fully saturated rings. The third-order valence-corrected chi connectivity index (χ3v) is 5.24. The Morgan fingerprint density at radius 3 is 2.64 bits per heavy atom. The highest BCUT2D eigenvalue weighted by Gasteiger charge is 2.26. The minimum absolute atomic E-state index is 0.00865. The highest BCUT2D eigenvalue weighted by molar-refractivity contribution is 7.07. The van der Waals surface area contributed by atoms with Crippen LogP contribution < -0.4 is 5.32 Å². The normalized spacial score (nSPS) is 17.4. The van der Waals surface area contributed by atoms with Gasteiger partial charge in [-0.2, -0.15) is 11.3 Å². The maximum absolute atomic E-state index is 13.7. The molecule has 2 heterocycles. The summed E-state index contributed by atoms with van der Waals surface area (Å²) in [4.78, 5) is 16.8. The van der Waals surface area contributed by atoms with Crippen molar-refractivity contribution in [3.05, 3.63) is 52.2 Å². The van der Waals surface area contributed by atoms with Gasteiger partial charge in [0.1, 0.15) is 11.6 Å². The second-order valence-corrected chi connectivity index (χ2v) is 7.01. The van der Waals surface area contributed by atoms with Gasteiger partial charge in [-0.05, 0) is 41.4 Å². The number of benzene rings is 1. The van der Waals surface area contributed by atoms with Gasteiger partial charge in [-0.25, -0.2) is 8.78 Å². The lowest BCUT2D eigenvalue weighted by atomic mass is 10.2. The Morgan fingerprint density at radius 2 is 2.00 bits per heavy atom. The zero-order valence-electron chi connectivity index (χ0n) is 14.0. The molecule has 1 aliphatic rings. The number of rotatable bonds is 5. The average molecular weight is 365 g/mol. The number of hydrogen-bond acceptors (Lipinski definition) is 4. The summed E-state index contributed by atoms with van der Waals surface area (Å²) in [6.45, 7) is 6.08. The first-order valence-corrected chi connectivity index (χ1v) is 9.20. The van der Waals surface area contributed by atoms with Crippen LogP contribution >= 0.6 is 11.3 Å². The molecule has 4 nitrogen and oxygen atoms in total. The summed E-state index contributed by atoms with van der Waals surface area (Å²) >= 11 is 1.70. The molecule has 1 aromatic carbocycles. The van der Waals surface area contributed by atoms with Crippen LogP contribution in [0.2, 0.25) is 0 Å². The van der Waals surface area contributed by atoms with Gasteiger partial charge in [-0.15, -0.1) is 0 Å². The second-order valence-electron chi connectivity index (χ2n) is 6.23. The summed E-state index contributed by atoms with van der Waals surface area (Å²) < 4.78 is 26.6. The molecule has 1 aromatic heterocycles. The quantitative estimate of drug-likeness (QED) is 0.884. The largest absolute Gasteiger partial charge is 0.322 e. The van der Waals surface area contributed by atoms with Crippen molar-refractivity contribution >= 4 is 22.9 Å². The maximum Gasteiger partial charge on any atom is 0.241 e. The van der Waals surface area contributed by atoms with E-state index in [2.05, 4.69) is 31.9 Å². The first-order valence-electron chi connectivity index (χ1n) is 8.26. The van der Waals surface area contributed by atoms with E-state index in [0.29, 0.717) is 0 Å². The summed E-state index contributed by atoms with van der Waals surface area (Å²) in [5.41, 5.74) is 1.32. The van der Waals surface area contributed by atoms with Crippen molar-refractivity contribution in [2.75, 3.05) is 31.5 Å². The van der Waals surface area contributed by atoms with Crippen molar-refractivity contribution in [2.45, 2.75) is 19.5 Å². The van der Waals surface area contributed by atoms with Gasteiger partial charge in [-0.3, -0.25) is 14.6 Å². The Hall–Kier alpha value is -1.83. The number of amides is 1. The van der Waals surface area contributed by atoms with Crippen molar-refractivity contribution in [2.24, 2.45) is 0 Å². The van der Waals surface area contributed by atoms with Crippen LogP contribution in [0, 0.1) is 11.6 Å². The van der Waals surface area contributed by atoms with Crippen LogP contribution in [0.15, 0.2) is 35.0 Å². The van der Waals surface area contributed by atoms with Crippen LogP contribution in [0.5, 0.6) is 0 Å². The third kappa shape index (κ3) is 4.62. The van der Waals surface area contributed by atoms with Gasteiger partial charge in [0.2, 0.25) is 5.91 Å². The van der Waals surface area contributed by atoms with Crippen LogP contribution in [0.4, 0.5) is 14.5 Å². The van der Waals surface area contributed by atoms with E-state index in [0.717, 1.165) is 44.9 Å². The molecule has 3 rings (SSSR count). The van der Waals surface area contributed by atoms with Crippen molar-refractivity contribution < 1.29 is 13.6 Å². The fraction of sp³-hybridized carbons (Fsp3) is 0.389. The standard InChI is InChI=1S/C18H21F2N3OS/c1-13(18(24)21-17-3-2-15(19)10-16(17)20)23-7-5-22(6-8-23)11-14-4-9-25-12-14/h2-4,9-10,12-13H,5-8,11H2,1H3,(H,21,24)/t13-/m0/s1. The van der Waals surface area contributed by atoms with Gasteiger partial charge >= 0.3 is 0 Å². The number of hydrogen-bond donors (Lipinski definition) is 1. The zero-order valence-corrected chi connectivity index (χ0v) is 14.9. The topological polar surface area (TPSA) is 35.6 Å². The predicted octanol–water partition coefficient (Wildman–Crippen LogP) is 3.17. The molecular formula is C18H21F2N3OS. The monoisotopic (exact) mass is 365 g/mol. The highest BCUT2D eigenvalue weighted by atomic mass is 32.1. The first kappa shape index (κ1) is 18.0. The first-order chi connectivity index (χ1) is 12.0. The molecule has 0 spiro atoms. The summed E-state index contributed by atoms with van der Waals surface area (Å²) in [5.74, 6) is -1.71. The number of carbonyl (C=O) groups is 1. The highest BCUT2D eigenvalue weighted by Crippen LogP contribution is 2.17. The predicted molar refractivity (Wildman–Crippen MR) is 95.6 cm³/mol. The molecule has 0 saturated carbocycles. The van der Waals surface area contributed by atoms with Crippen LogP contribution in [0.1, 0.15) is 12.5 Å². The Morgan fingerprint density at radius 1 is 1.24 bits per heavy atom. The zero-order chi connectivity index (χ0) is 17.8. The van der Waals surface area contributed by atoms with Crippen LogP contribution in [-0.2, 0) is 11.3 Å². The van der Waals surface area contributed by atoms with Crippen LogP contribution in [0.25, 0.3) is 0 Å². The van der Waals surface area contributed by atoms with Crippen molar-refractivity contribution in [3.63, 3.8) is 0 Å². The second kappa shape index (κ2) is 8.03. The Kier molecular flexibility index (Phi) is 5.78. The molecule has 7 heteroatoms. The molecule has 1 atom stereocenters. The molecule has 1 aliphatic heterocycles. The lowest BCUT2D eigenvalue weighted by Gasteiger charge is -2.37. The lowest BCUT2D eigenvalue weighted by Crippen LogP contribution is -2.52. The molecule has 0 aliphatic carbocycles. The molecule has 0 bridgehead atoms. The van der Waals surface area contributed by atoms with Gasteiger partial charge in [0.15, 0.2) is 0 Å². The van der Waals surface area contributed by atoms with Gasteiger partial charge in [-0.1, -0.05) is 0 Å². The lowest BCUT2D eigenvalue weighted by molar-refractivity contribution is -0.121. The van der Waals surface area contributed by atoms with Crippen molar-refractivity contribution in [3.8, 4) is 0 Å². The van der Waals surface area contributed by atoms with E-state index >= 15 is 0 Å². The molecule has 2 aromatic rings. The van der Waals surface area contributed by atoms with E-state index in [-0.39, 0.29) is 17.6 Å². The smallest absolute Gasteiger partial charge is 0.241 e. The molecule has 1 saturated heterocycles. The Balaban J connectivity index is 1.51. The van der Waals surface area contributed by atoms with E-state index in [1.165, 1.54) is 11.6 Å². The van der Waals surface area contributed by atoms with Gasteiger partial charge in [0, 0.05) is 38.8 Å². The Bertz CT molecular complexity index is 715. The fourth-order valence-corrected chi connectivity index (χ4v) is 3.60. The summed E-state index contributed by atoms with van der Waals surface area (Å²) in [5, 5.41) is 6.78. The van der Waals surface area contributed by atoms with E-state index in [1.54, 1.807) is 11.3 Å². The summed E-state index contributed by atoms with van der Waals surface area (Å²) in [6.07, 6.45) is 0. The number of halogens is 2. The summed E-state index contributed by atoms with van der Waals surface area (Å²) in [6, 6.07) is 4.90. The molecular weight excluding hydrogens is 344 g/mol. The molecule has 0 unspecified atom stereocenters. The number of carbonyl (C=O) groups excluding carboxylic acids is 1. The van der Waals surface area contributed by atoms with Crippen molar-refractivity contribution in [1.29, 1.82) is 0 Å². The van der Waals surface area contributed by atoms with Crippen molar-refractivity contribution in [1.82, 2.24) is 9.80 Å². The van der Waals surface area contributed by atoms with Crippen LogP contribution in [-0.4, -0.2) is 47.9 Å². The minimum Gasteiger partial charge on any atom is -0.322 e. The fourth-order valence-electron chi connectivity index (χ4n) is 2.94. The summed E-state index contributed by atoms with van der Waals surface area (Å²) in [7, 11) is 0. The molecule has 1 N–H and O–H groups in total. The number of nitrogens with one attached hydrogen (secondary N) is 1. The SMILES string of the molecule is C[C@@H](C(=O)Nc1ccc(F)cc1F)N1CCN(Cc2ccsc2)CC1. The number of anilines is 1. The van der Waals surface area contributed by atoms with Crippen LogP contribution in [0.3, 0.4) is 0 Å². The van der Waals surface area contributed by atoms with E-state index < -0.39 is 11.6 Å². The maximum atomic E-state index is 13.7. The van der Waals surface area contributed by atoms with E-state index in [1.807, 2.05) is 6.92 Å². The number of thiophene rings is 1. The number of nitrogens with zero attached hydrogens (tertiary/aromatic N) is 2. The molecule has 1 amide bonds. The van der Waals surface area contributed by atoms with E-state index in [4.69, 9.17) is 0 Å². The van der Waals surface area contributed by atoms with Gasteiger partial charge in [0.25, 0.3) is 0 Å².